The average Bonchev–Trinajstić information content (AvgIpc) is 2.72. The molecule has 0 aromatic heterocycles. The zero-order valence-corrected chi connectivity index (χ0v) is 14.3. The van der Waals surface area contributed by atoms with Crippen molar-refractivity contribution in [2.75, 3.05) is 7.11 Å². The summed E-state index contributed by atoms with van der Waals surface area (Å²) in [5.41, 5.74) is 3.46. The minimum Gasteiger partial charge on any atom is -0.465 e. The van der Waals surface area contributed by atoms with Crippen molar-refractivity contribution in [2.45, 2.75) is 0 Å². The first kappa shape index (κ1) is 19.5. The molecule has 2 aromatic rings. The number of hydrogen-bond acceptors (Lipinski definition) is 7. The lowest BCUT2D eigenvalue weighted by Crippen LogP contribution is -2.14. The molecule has 0 aliphatic rings. The number of hydrogen-bond donors (Lipinski definition) is 2. The summed E-state index contributed by atoms with van der Waals surface area (Å²) in [5.74, 6) is -1.80. The second-order valence-electron chi connectivity index (χ2n) is 5.16. The van der Waals surface area contributed by atoms with Crippen LogP contribution in [0.1, 0.15) is 31.8 Å². The van der Waals surface area contributed by atoms with Crippen LogP contribution in [0, 0.1) is 0 Å². The number of nitrogens with zero attached hydrogens (tertiary/aromatic N) is 1. The molecule has 1 amide bonds. The fourth-order valence-corrected chi connectivity index (χ4v) is 1.95. The highest BCUT2D eigenvalue weighted by molar-refractivity contribution is 5.93. The largest absolute Gasteiger partial charge is 0.465 e. The van der Waals surface area contributed by atoms with Crippen LogP contribution in [0.5, 0.6) is 0 Å². The molecule has 8 nitrogen and oxygen atoms in total. The molecule has 0 aliphatic carbocycles. The summed E-state index contributed by atoms with van der Waals surface area (Å²) in [4.78, 5) is 38.9. The van der Waals surface area contributed by atoms with E-state index >= 15 is 0 Å². The number of nitrogens with one attached hydrogen (secondary N) is 1. The molecular weight excluding hydrogens is 352 g/mol. The number of ether oxygens (including phenoxy) is 1. The van der Waals surface area contributed by atoms with E-state index < -0.39 is 17.8 Å². The molecule has 0 fully saturated rings. The van der Waals surface area contributed by atoms with Crippen LogP contribution >= 0.6 is 0 Å². The number of benzene rings is 2. The van der Waals surface area contributed by atoms with Gasteiger partial charge in [0.05, 0.1) is 24.5 Å². The number of amides is 1. The Bertz CT molecular complexity index is 870. The standard InChI is InChI=1S/C19H16N2O6/c1-26-18(23)15-7-9-16(10-8-15)19(24)27-20-12-14-4-2-13(3-5-14)6-11-17(22)21-25/h2-12,25H,1H3,(H,21,22)/b11-6+,20-12?. The third kappa shape index (κ3) is 5.91. The van der Waals surface area contributed by atoms with Gasteiger partial charge in [0.1, 0.15) is 0 Å². The first-order valence-electron chi connectivity index (χ1n) is 7.69. The van der Waals surface area contributed by atoms with Crippen molar-refractivity contribution in [2.24, 2.45) is 5.16 Å². The quantitative estimate of drug-likeness (QED) is 0.202. The van der Waals surface area contributed by atoms with Crippen molar-refractivity contribution in [1.82, 2.24) is 5.48 Å². The summed E-state index contributed by atoms with van der Waals surface area (Å²) in [6.45, 7) is 0. The van der Waals surface area contributed by atoms with Gasteiger partial charge >= 0.3 is 11.9 Å². The number of esters is 1. The fraction of sp³-hybridized carbons (Fsp3) is 0.0526. The molecule has 2 N–H and O–H groups in total. The Hall–Kier alpha value is -3.78. The van der Waals surface area contributed by atoms with Crippen LogP contribution in [0.3, 0.4) is 0 Å². The minimum atomic E-state index is -0.669. The second-order valence-corrected chi connectivity index (χ2v) is 5.16. The Morgan fingerprint density at radius 2 is 1.48 bits per heavy atom. The molecule has 0 aliphatic heterocycles. The maximum absolute atomic E-state index is 11.9. The molecule has 0 bridgehead atoms. The summed E-state index contributed by atoms with van der Waals surface area (Å²) in [5, 5.41) is 12.0. The molecule has 27 heavy (non-hydrogen) atoms. The second kappa shape index (κ2) is 9.64. The van der Waals surface area contributed by atoms with Gasteiger partial charge in [-0.1, -0.05) is 29.4 Å². The molecule has 2 aromatic carbocycles. The van der Waals surface area contributed by atoms with Crippen molar-refractivity contribution < 1.29 is 29.2 Å². The Morgan fingerprint density at radius 3 is 2.04 bits per heavy atom. The van der Waals surface area contributed by atoms with Gasteiger partial charge in [-0.2, -0.15) is 0 Å². The van der Waals surface area contributed by atoms with Crippen LogP contribution in [-0.2, 0) is 14.4 Å². The third-order valence-corrected chi connectivity index (χ3v) is 3.35. The molecule has 0 heterocycles. The summed E-state index contributed by atoms with van der Waals surface area (Å²) in [6.07, 6.45) is 4.05. The predicted octanol–water partition coefficient (Wildman–Crippen LogP) is 2.18. The van der Waals surface area contributed by atoms with E-state index in [-0.39, 0.29) is 5.56 Å². The van der Waals surface area contributed by atoms with E-state index in [9.17, 15) is 14.4 Å². The molecule has 138 valence electrons. The normalized spacial score (nSPS) is 10.7. The summed E-state index contributed by atoms with van der Waals surface area (Å²) in [6, 6.07) is 12.6. The van der Waals surface area contributed by atoms with Crippen LogP contribution in [0.25, 0.3) is 6.08 Å². The highest BCUT2D eigenvalue weighted by Gasteiger charge is 2.09. The van der Waals surface area contributed by atoms with E-state index in [2.05, 4.69) is 9.89 Å². The SMILES string of the molecule is COC(=O)c1ccc(C(=O)ON=Cc2ccc(/C=C/C(=O)NO)cc2)cc1. The molecule has 8 heteroatoms. The summed E-state index contributed by atoms with van der Waals surface area (Å²) >= 11 is 0. The molecule has 0 saturated heterocycles. The van der Waals surface area contributed by atoms with Crippen LogP contribution in [-0.4, -0.2) is 36.4 Å². The Labute approximate surface area is 154 Å². The molecule has 0 radical (unpaired) electrons. The minimum absolute atomic E-state index is 0.238. The Balaban J connectivity index is 1.92. The first-order chi connectivity index (χ1) is 13.0. The van der Waals surface area contributed by atoms with Gasteiger partial charge in [-0.25, -0.2) is 15.1 Å². The lowest BCUT2D eigenvalue weighted by molar-refractivity contribution is -0.124. The van der Waals surface area contributed by atoms with Crippen LogP contribution < -0.4 is 5.48 Å². The number of oxime groups is 1. The first-order valence-corrected chi connectivity index (χ1v) is 7.69. The van der Waals surface area contributed by atoms with Gasteiger partial charge in [0.2, 0.25) is 0 Å². The van der Waals surface area contributed by atoms with Crippen LogP contribution in [0.15, 0.2) is 59.8 Å². The number of methoxy groups -OCH3 is 1. The molecule has 0 unspecified atom stereocenters. The zero-order chi connectivity index (χ0) is 19.6. The van der Waals surface area contributed by atoms with Gasteiger partial charge in [-0.05, 0) is 41.5 Å². The van der Waals surface area contributed by atoms with Gasteiger partial charge in [-0.3, -0.25) is 10.0 Å². The third-order valence-electron chi connectivity index (χ3n) is 3.35. The van der Waals surface area contributed by atoms with E-state index in [4.69, 9.17) is 10.0 Å². The molecule has 0 saturated carbocycles. The maximum atomic E-state index is 11.9. The summed E-state index contributed by atoms with van der Waals surface area (Å²) < 4.78 is 4.58. The van der Waals surface area contributed by atoms with Gasteiger partial charge in [0.25, 0.3) is 5.91 Å². The smallest absolute Gasteiger partial charge is 0.365 e. The van der Waals surface area contributed by atoms with E-state index in [1.807, 2.05) is 0 Å². The lowest BCUT2D eigenvalue weighted by Gasteiger charge is -2.01. The van der Waals surface area contributed by atoms with E-state index in [1.165, 1.54) is 55.2 Å². The predicted molar refractivity (Wildman–Crippen MR) is 96.2 cm³/mol. The highest BCUT2D eigenvalue weighted by Crippen LogP contribution is 2.08. The van der Waals surface area contributed by atoms with Crippen molar-refractivity contribution >= 4 is 30.1 Å². The van der Waals surface area contributed by atoms with Crippen LogP contribution in [0.4, 0.5) is 0 Å². The monoisotopic (exact) mass is 368 g/mol. The van der Waals surface area contributed by atoms with Gasteiger partial charge in [0, 0.05) is 6.08 Å². The lowest BCUT2D eigenvalue weighted by atomic mass is 10.1. The Kier molecular flexibility index (Phi) is 6.98. The van der Waals surface area contributed by atoms with Crippen molar-refractivity contribution in [3.63, 3.8) is 0 Å². The molecule has 0 atom stereocenters. The number of carbonyl (C=O) groups is 3. The van der Waals surface area contributed by atoms with Crippen LogP contribution in [0.2, 0.25) is 0 Å². The molecule has 0 spiro atoms. The van der Waals surface area contributed by atoms with Crippen molar-refractivity contribution in [1.29, 1.82) is 0 Å². The Morgan fingerprint density at radius 1 is 0.926 bits per heavy atom. The maximum Gasteiger partial charge on any atom is 0.365 e. The van der Waals surface area contributed by atoms with Crippen molar-refractivity contribution in [3.8, 4) is 0 Å². The average molecular weight is 368 g/mol. The number of hydroxylamine groups is 1. The fourth-order valence-electron chi connectivity index (χ4n) is 1.95. The van der Waals surface area contributed by atoms with Gasteiger partial charge < -0.3 is 9.57 Å². The van der Waals surface area contributed by atoms with Crippen molar-refractivity contribution in [3.05, 3.63) is 76.9 Å². The molecular formula is C19H16N2O6. The van der Waals surface area contributed by atoms with E-state index in [0.717, 1.165) is 5.56 Å². The summed E-state index contributed by atoms with van der Waals surface area (Å²) in [7, 11) is 1.27. The highest BCUT2D eigenvalue weighted by atomic mass is 16.7. The number of carbonyl (C=O) groups excluding carboxylic acids is 3. The number of rotatable bonds is 6. The zero-order valence-electron chi connectivity index (χ0n) is 14.3. The van der Waals surface area contributed by atoms with Gasteiger partial charge in [0.15, 0.2) is 0 Å². The van der Waals surface area contributed by atoms with E-state index in [0.29, 0.717) is 11.1 Å². The van der Waals surface area contributed by atoms with Gasteiger partial charge in [-0.15, -0.1) is 0 Å². The molecule has 2 rings (SSSR count). The van der Waals surface area contributed by atoms with E-state index in [1.54, 1.807) is 24.3 Å². The topological polar surface area (TPSA) is 114 Å².